The van der Waals surface area contributed by atoms with Gasteiger partial charge in [0.25, 0.3) is 5.91 Å². The van der Waals surface area contributed by atoms with E-state index in [1.807, 2.05) is 23.1 Å². The van der Waals surface area contributed by atoms with E-state index < -0.39 is 0 Å². The Hall–Kier alpha value is -2.24. The largest absolute Gasteiger partial charge is 0.479 e. The quantitative estimate of drug-likeness (QED) is 0.864. The lowest BCUT2D eigenvalue weighted by Gasteiger charge is -2.33. The Labute approximate surface area is 123 Å². The zero-order valence-electron chi connectivity index (χ0n) is 12.0. The molecule has 1 aromatic carbocycles. The van der Waals surface area contributed by atoms with E-state index in [9.17, 15) is 9.59 Å². The average Bonchev–Trinajstić information content (AvgIpc) is 2.47. The lowest BCUT2D eigenvalue weighted by atomic mass is 10.0. The number of nitrogens with zero attached hydrogens (tertiary/aromatic N) is 1. The van der Waals surface area contributed by atoms with Crippen molar-refractivity contribution in [3.8, 4) is 5.75 Å². The molecule has 1 fully saturated rings. The van der Waals surface area contributed by atoms with Gasteiger partial charge in [0.15, 0.2) is 12.4 Å². The normalized spacial score (nSPS) is 18.5. The number of likely N-dealkylation sites (tertiary alicyclic amines) is 1. The predicted octanol–water partition coefficient (Wildman–Crippen LogP) is 1.44. The van der Waals surface area contributed by atoms with Gasteiger partial charge in [-0.3, -0.25) is 9.59 Å². The molecule has 0 saturated carbocycles. The second-order valence-electron chi connectivity index (χ2n) is 5.44. The summed E-state index contributed by atoms with van der Waals surface area (Å²) in [5, 5.41) is 6.27. The summed E-state index contributed by atoms with van der Waals surface area (Å²) in [5.74, 6) is 0.706. The Morgan fingerprint density at radius 1 is 1.38 bits per heavy atom. The van der Waals surface area contributed by atoms with Crippen LogP contribution in [0.4, 0.5) is 11.4 Å². The molecule has 2 N–H and O–H groups in total. The van der Waals surface area contributed by atoms with Crippen LogP contribution in [-0.4, -0.2) is 42.5 Å². The molecule has 21 heavy (non-hydrogen) atoms. The topological polar surface area (TPSA) is 70.7 Å². The van der Waals surface area contributed by atoms with E-state index in [0.29, 0.717) is 17.5 Å². The zero-order valence-corrected chi connectivity index (χ0v) is 12.0. The monoisotopic (exact) mass is 289 g/mol. The molecule has 0 bridgehead atoms. The number of carbonyl (C=O) groups excluding carboxylic acids is 2. The van der Waals surface area contributed by atoms with Crippen molar-refractivity contribution in [1.29, 1.82) is 0 Å². The van der Waals surface area contributed by atoms with E-state index in [2.05, 4.69) is 10.6 Å². The van der Waals surface area contributed by atoms with Crippen molar-refractivity contribution >= 4 is 23.2 Å². The van der Waals surface area contributed by atoms with Crippen LogP contribution in [0.5, 0.6) is 5.75 Å². The number of carbonyl (C=O) groups is 2. The molecular formula is C15H19N3O3. The number of para-hydroxylation sites is 1. The molecule has 3 rings (SSSR count). The van der Waals surface area contributed by atoms with Gasteiger partial charge in [-0.1, -0.05) is 6.07 Å². The fourth-order valence-electron chi connectivity index (χ4n) is 2.79. The van der Waals surface area contributed by atoms with Gasteiger partial charge in [0.05, 0.1) is 11.4 Å². The molecule has 6 nitrogen and oxygen atoms in total. The molecule has 112 valence electrons. The van der Waals surface area contributed by atoms with Gasteiger partial charge in [0.2, 0.25) is 5.91 Å². The minimum absolute atomic E-state index is 0.0501. The van der Waals surface area contributed by atoms with E-state index in [4.69, 9.17) is 4.74 Å². The maximum absolute atomic E-state index is 11.3. The summed E-state index contributed by atoms with van der Waals surface area (Å²) in [4.78, 5) is 24.5. The summed E-state index contributed by atoms with van der Waals surface area (Å²) in [6.07, 6.45) is 1.82. The van der Waals surface area contributed by atoms with Crippen LogP contribution in [-0.2, 0) is 9.59 Å². The fourth-order valence-corrected chi connectivity index (χ4v) is 2.79. The summed E-state index contributed by atoms with van der Waals surface area (Å²) < 4.78 is 5.53. The average molecular weight is 289 g/mol. The SMILES string of the molecule is CC(=O)N1CCC(Nc2cccc3c2OCC(=O)N3)CC1. The standard InChI is InChI=1S/C15H19N3O3/c1-10(19)18-7-5-11(6-8-18)16-12-3-2-4-13-15(12)21-9-14(20)17-13/h2-4,11,16H,5-9H2,1H3,(H,17,20). The highest BCUT2D eigenvalue weighted by Gasteiger charge is 2.23. The third-order valence-electron chi connectivity index (χ3n) is 3.94. The summed E-state index contributed by atoms with van der Waals surface area (Å²) in [6.45, 7) is 3.21. The number of anilines is 2. The molecule has 2 amide bonds. The molecule has 0 aromatic heterocycles. The highest BCUT2D eigenvalue weighted by molar-refractivity contribution is 5.97. The van der Waals surface area contributed by atoms with E-state index in [1.54, 1.807) is 6.92 Å². The molecular weight excluding hydrogens is 270 g/mol. The highest BCUT2D eigenvalue weighted by atomic mass is 16.5. The van der Waals surface area contributed by atoms with Crippen molar-refractivity contribution in [1.82, 2.24) is 4.90 Å². The zero-order chi connectivity index (χ0) is 14.8. The van der Waals surface area contributed by atoms with Crippen LogP contribution in [0.25, 0.3) is 0 Å². The van der Waals surface area contributed by atoms with Gasteiger partial charge in [-0.25, -0.2) is 0 Å². The first-order chi connectivity index (χ1) is 10.1. The third kappa shape index (κ3) is 2.94. The minimum atomic E-state index is -0.130. The van der Waals surface area contributed by atoms with Crippen molar-refractivity contribution in [2.75, 3.05) is 30.3 Å². The van der Waals surface area contributed by atoms with E-state index in [0.717, 1.165) is 31.6 Å². The Morgan fingerprint density at radius 3 is 2.86 bits per heavy atom. The third-order valence-corrected chi connectivity index (χ3v) is 3.94. The number of nitrogens with one attached hydrogen (secondary N) is 2. The number of hydrogen-bond donors (Lipinski definition) is 2. The molecule has 0 radical (unpaired) electrons. The Balaban J connectivity index is 1.68. The first kappa shape index (κ1) is 13.7. The molecule has 0 spiro atoms. The van der Waals surface area contributed by atoms with Crippen molar-refractivity contribution in [2.24, 2.45) is 0 Å². The van der Waals surface area contributed by atoms with Crippen molar-refractivity contribution in [3.63, 3.8) is 0 Å². The van der Waals surface area contributed by atoms with E-state index in [-0.39, 0.29) is 18.4 Å². The number of amides is 2. The van der Waals surface area contributed by atoms with Crippen LogP contribution in [0.2, 0.25) is 0 Å². The summed E-state index contributed by atoms with van der Waals surface area (Å²) in [6, 6.07) is 5.98. The van der Waals surface area contributed by atoms with Gasteiger partial charge >= 0.3 is 0 Å². The van der Waals surface area contributed by atoms with Crippen molar-refractivity contribution in [3.05, 3.63) is 18.2 Å². The summed E-state index contributed by atoms with van der Waals surface area (Å²) in [5.41, 5.74) is 1.60. The summed E-state index contributed by atoms with van der Waals surface area (Å²) >= 11 is 0. The minimum Gasteiger partial charge on any atom is -0.479 e. The van der Waals surface area contributed by atoms with E-state index in [1.165, 1.54) is 0 Å². The maximum Gasteiger partial charge on any atom is 0.262 e. The highest BCUT2D eigenvalue weighted by Crippen LogP contribution is 2.36. The van der Waals surface area contributed by atoms with Crippen LogP contribution in [0.3, 0.4) is 0 Å². The van der Waals surface area contributed by atoms with Gasteiger partial charge in [0.1, 0.15) is 0 Å². The molecule has 1 aromatic rings. The van der Waals surface area contributed by atoms with Gasteiger partial charge in [0, 0.05) is 26.1 Å². The van der Waals surface area contributed by atoms with Crippen molar-refractivity contribution in [2.45, 2.75) is 25.8 Å². The smallest absolute Gasteiger partial charge is 0.262 e. The molecule has 0 aliphatic carbocycles. The second-order valence-corrected chi connectivity index (χ2v) is 5.44. The van der Waals surface area contributed by atoms with E-state index >= 15 is 0 Å². The Morgan fingerprint density at radius 2 is 2.14 bits per heavy atom. The Kier molecular flexibility index (Phi) is 3.68. The molecule has 6 heteroatoms. The van der Waals surface area contributed by atoms with Gasteiger partial charge in [-0.05, 0) is 25.0 Å². The number of piperidine rings is 1. The predicted molar refractivity (Wildman–Crippen MR) is 79.5 cm³/mol. The summed E-state index contributed by atoms with van der Waals surface area (Å²) in [7, 11) is 0. The molecule has 2 aliphatic heterocycles. The lowest BCUT2D eigenvalue weighted by Crippen LogP contribution is -2.41. The molecule has 2 heterocycles. The number of fused-ring (bicyclic) bond motifs is 1. The fraction of sp³-hybridized carbons (Fsp3) is 0.467. The van der Waals surface area contributed by atoms with Crippen LogP contribution in [0.1, 0.15) is 19.8 Å². The maximum atomic E-state index is 11.3. The first-order valence-electron chi connectivity index (χ1n) is 7.21. The first-order valence-corrected chi connectivity index (χ1v) is 7.21. The molecule has 1 saturated heterocycles. The molecule has 2 aliphatic rings. The van der Waals surface area contributed by atoms with Gasteiger partial charge in [-0.15, -0.1) is 0 Å². The van der Waals surface area contributed by atoms with Crippen molar-refractivity contribution < 1.29 is 14.3 Å². The number of rotatable bonds is 2. The Bertz CT molecular complexity index is 565. The second kappa shape index (κ2) is 5.63. The van der Waals surface area contributed by atoms with Crippen LogP contribution < -0.4 is 15.4 Å². The van der Waals surface area contributed by atoms with Gasteiger partial charge in [-0.2, -0.15) is 0 Å². The molecule has 0 unspecified atom stereocenters. The number of hydrogen-bond acceptors (Lipinski definition) is 4. The van der Waals surface area contributed by atoms with Gasteiger partial charge < -0.3 is 20.3 Å². The molecule has 0 atom stereocenters. The van der Waals surface area contributed by atoms with Crippen LogP contribution in [0, 0.1) is 0 Å². The number of ether oxygens (including phenoxy) is 1. The van der Waals surface area contributed by atoms with Crippen LogP contribution >= 0.6 is 0 Å². The lowest BCUT2D eigenvalue weighted by molar-refractivity contribution is -0.129. The number of benzene rings is 1. The van der Waals surface area contributed by atoms with Crippen LogP contribution in [0.15, 0.2) is 18.2 Å².